The summed E-state index contributed by atoms with van der Waals surface area (Å²) in [6.45, 7) is 6.97. The van der Waals surface area contributed by atoms with Crippen LogP contribution in [0.3, 0.4) is 0 Å². The number of pyridine rings is 1. The highest BCUT2D eigenvalue weighted by molar-refractivity contribution is 6.90. The Morgan fingerprint density at radius 3 is 2.47 bits per heavy atom. The van der Waals surface area contributed by atoms with Gasteiger partial charge < -0.3 is 0 Å². The van der Waals surface area contributed by atoms with Crippen molar-refractivity contribution < 1.29 is 0 Å². The molecule has 1 heterocycles. The third-order valence-electron chi connectivity index (χ3n) is 2.49. The minimum absolute atomic E-state index is 0.603. The highest BCUT2D eigenvalue weighted by Gasteiger charge is 2.20. The monoisotopic (exact) mass is 235 g/mol. The fraction of sp³-hybridized carbons (Fsp3) is 0.250. The van der Waals surface area contributed by atoms with Crippen molar-refractivity contribution in [3.05, 3.63) is 35.5 Å². The lowest BCUT2D eigenvalue weighted by Crippen LogP contribution is -2.38. The lowest BCUT2D eigenvalue weighted by molar-refractivity contribution is 1.42. The molecule has 2 rings (SSSR count). The standard InChI is InChI=1S/C12H14ClNSi/c1-15(2,3)11-8-12(13)14-10-7-5-4-6-9(10)11/h4-8H,1-3H3. The van der Waals surface area contributed by atoms with Crippen molar-refractivity contribution in [1.29, 1.82) is 0 Å². The molecule has 1 nitrogen and oxygen atoms in total. The van der Waals surface area contributed by atoms with Gasteiger partial charge in [-0.2, -0.15) is 0 Å². The molecular formula is C12H14ClNSi. The second-order valence-electron chi connectivity index (χ2n) is 4.76. The third kappa shape index (κ3) is 2.06. The number of para-hydroxylation sites is 1. The molecule has 0 atom stereocenters. The Hall–Kier alpha value is -0.863. The maximum absolute atomic E-state index is 6.04. The van der Waals surface area contributed by atoms with Crippen molar-refractivity contribution in [2.24, 2.45) is 0 Å². The van der Waals surface area contributed by atoms with E-state index < -0.39 is 8.07 Å². The van der Waals surface area contributed by atoms with E-state index in [0.717, 1.165) is 5.52 Å². The lowest BCUT2D eigenvalue weighted by Gasteiger charge is -2.19. The molecule has 0 aliphatic rings. The molecule has 0 unspecified atom stereocenters. The second-order valence-corrected chi connectivity index (χ2v) is 10.2. The van der Waals surface area contributed by atoms with Gasteiger partial charge in [-0.05, 0) is 22.7 Å². The Morgan fingerprint density at radius 2 is 1.80 bits per heavy atom. The highest BCUT2D eigenvalue weighted by Crippen LogP contribution is 2.17. The summed E-state index contributed by atoms with van der Waals surface area (Å²) in [6.07, 6.45) is 0. The van der Waals surface area contributed by atoms with Gasteiger partial charge in [-0.1, -0.05) is 49.4 Å². The van der Waals surface area contributed by atoms with Gasteiger partial charge in [0.2, 0.25) is 0 Å². The number of aromatic nitrogens is 1. The van der Waals surface area contributed by atoms with Gasteiger partial charge in [0.25, 0.3) is 0 Å². The predicted molar refractivity (Wildman–Crippen MR) is 69.7 cm³/mol. The van der Waals surface area contributed by atoms with Gasteiger partial charge in [0.15, 0.2) is 0 Å². The van der Waals surface area contributed by atoms with E-state index in [1.807, 2.05) is 18.2 Å². The first-order valence-electron chi connectivity index (χ1n) is 5.04. The Balaban J connectivity index is 2.83. The summed E-state index contributed by atoms with van der Waals surface area (Å²) in [7, 11) is -1.35. The van der Waals surface area contributed by atoms with Gasteiger partial charge in [0.1, 0.15) is 5.15 Å². The van der Waals surface area contributed by atoms with Crippen LogP contribution in [0.15, 0.2) is 30.3 Å². The molecule has 0 N–H and O–H groups in total. The summed E-state index contributed by atoms with van der Waals surface area (Å²) in [6, 6.07) is 10.2. The van der Waals surface area contributed by atoms with Crippen LogP contribution in [0.5, 0.6) is 0 Å². The molecule has 0 fully saturated rings. The number of nitrogens with zero attached hydrogens (tertiary/aromatic N) is 1. The van der Waals surface area contributed by atoms with E-state index in [9.17, 15) is 0 Å². The van der Waals surface area contributed by atoms with Gasteiger partial charge >= 0.3 is 0 Å². The van der Waals surface area contributed by atoms with Crippen molar-refractivity contribution >= 4 is 35.8 Å². The topological polar surface area (TPSA) is 12.9 Å². The van der Waals surface area contributed by atoms with E-state index >= 15 is 0 Å². The van der Waals surface area contributed by atoms with Crippen LogP contribution in [0.25, 0.3) is 10.9 Å². The second kappa shape index (κ2) is 3.61. The van der Waals surface area contributed by atoms with Crippen LogP contribution in [0.1, 0.15) is 0 Å². The smallest absolute Gasteiger partial charge is 0.129 e. The first kappa shape index (κ1) is 10.6. The zero-order chi connectivity index (χ0) is 11.1. The molecule has 15 heavy (non-hydrogen) atoms. The van der Waals surface area contributed by atoms with Gasteiger partial charge in [0.05, 0.1) is 13.6 Å². The summed E-state index contributed by atoms with van der Waals surface area (Å²) in [4.78, 5) is 4.34. The Morgan fingerprint density at radius 1 is 1.13 bits per heavy atom. The molecular weight excluding hydrogens is 222 g/mol. The molecule has 0 saturated carbocycles. The average Bonchev–Trinajstić information content (AvgIpc) is 2.15. The number of hydrogen-bond acceptors (Lipinski definition) is 1. The maximum Gasteiger partial charge on any atom is 0.129 e. The van der Waals surface area contributed by atoms with E-state index in [1.54, 1.807) is 0 Å². The molecule has 1 aromatic carbocycles. The van der Waals surface area contributed by atoms with Gasteiger partial charge in [-0.25, -0.2) is 4.98 Å². The van der Waals surface area contributed by atoms with Crippen molar-refractivity contribution in [3.63, 3.8) is 0 Å². The molecule has 0 aliphatic carbocycles. The minimum Gasteiger partial charge on any atom is -0.236 e. The molecule has 3 heteroatoms. The first-order valence-corrected chi connectivity index (χ1v) is 8.92. The van der Waals surface area contributed by atoms with E-state index in [4.69, 9.17) is 11.6 Å². The molecule has 0 aliphatic heterocycles. The fourth-order valence-corrected chi connectivity index (χ4v) is 3.64. The Kier molecular flexibility index (Phi) is 2.57. The Bertz CT molecular complexity index is 502. The zero-order valence-electron chi connectivity index (χ0n) is 9.21. The number of fused-ring (bicyclic) bond motifs is 1. The molecule has 0 saturated heterocycles. The summed E-state index contributed by atoms with van der Waals surface area (Å²) in [5.74, 6) is 0. The average molecular weight is 236 g/mol. The largest absolute Gasteiger partial charge is 0.236 e. The van der Waals surface area contributed by atoms with E-state index in [-0.39, 0.29) is 0 Å². The summed E-state index contributed by atoms with van der Waals surface area (Å²) >= 11 is 6.04. The highest BCUT2D eigenvalue weighted by atomic mass is 35.5. The van der Waals surface area contributed by atoms with Crippen molar-refractivity contribution in [1.82, 2.24) is 4.98 Å². The first-order chi connectivity index (χ1) is 6.98. The molecule has 78 valence electrons. The predicted octanol–water partition coefficient (Wildman–Crippen LogP) is 3.43. The quantitative estimate of drug-likeness (QED) is 0.545. The van der Waals surface area contributed by atoms with Crippen LogP contribution in [0, 0.1) is 0 Å². The van der Waals surface area contributed by atoms with Crippen LogP contribution in [-0.2, 0) is 0 Å². The van der Waals surface area contributed by atoms with Crippen molar-refractivity contribution in [2.75, 3.05) is 0 Å². The van der Waals surface area contributed by atoms with Crippen LogP contribution < -0.4 is 5.19 Å². The summed E-state index contributed by atoms with van der Waals surface area (Å²) in [5.41, 5.74) is 1.00. The van der Waals surface area contributed by atoms with E-state index in [2.05, 4.69) is 36.8 Å². The van der Waals surface area contributed by atoms with Crippen LogP contribution in [0.2, 0.25) is 24.8 Å². The molecule has 2 aromatic rings. The van der Waals surface area contributed by atoms with Crippen LogP contribution in [0.4, 0.5) is 0 Å². The number of halogens is 1. The Labute approximate surface area is 96.1 Å². The summed E-state index contributed by atoms with van der Waals surface area (Å²) in [5, 5.41) is 3.24. The molecule has 0 spiro atoms. The fourth-order valence-electron chi connectivity index (χ4n) is 1.76. The lowest BCUT2D eigenvalue weighted by atomic mass is 10.2. The molecule has 0 amide bonds. The van der Waals surface area contributed by atoms with Crippen molar-refractivity contribution in [2.45, 2.75) is 19.6 Å². The van der Waals surface area contributed by atoms with Crippen molar-refractivity contribution in [3.8, 4) is 0 Å². The minimum atomic E-state index is -1.35. The normalized spacial score (nSPS) is 12.0. The zero-order valence-corrected chi connectivity index (χ0v) is 11.0. The third-order valence-corrected chi connectivity index (χ3v) is 4.72. The number of hydrogen-bond donors (Lipinski definition) is 0. The summed E-state index contributed by atoms with van der Waals surface area (Å²) < 4.78 is 0. The van der Waals surface area contributed by atoms with E-state index in [1.165, 1.54) is 10.6 Å². The molecule has 1 aromatic heterocycles. The maximum atomic E-state index is 6.04. The van der Waals surface area contributed by atoms with Gasteiger partial charge in [-0.3, -0.25) is 0 Å². The number of benzene rings is 1. The molecule has 0 radical (unpaired) electrons. The SMILES string of the molecule is C[Si](C)(C)c1cc(Cl)nc2ccccc12. The van der Waals surface area contributed by atoms with Crippen LogP contribution >= 0.6 is 11.6 Å². The van der Waals surface area contributed by atoms with E-state index in [0.29, 0.717) is 5.15 Å². The molecule has 0 bridgehead atoms. The van der Waals surface area contributed by atoms with Gasteiger partial charge in [-0.15, -0.1) is 0 Å². The number of rotatable bonds is 1. The van der Waals surface area contributed by atoms with Crippen LogP contribution in [-0.4, -0.2) is 13.1 Å². The van der Waals surface area contributed by atoms with Gasteiger partial charge in [0, 0.05) is 0 Å².